The van der Waals surface area contributed by atoms with Crippen LogP contribution in [0.5, 0.6) is 5.75 Å². The second kappa shape index (κ2) is 4.76. The van der Waals surface area contributed by atoms with Crippen LogP contribution in [0.2, 0.25) is 5.02 Å². The Hall–Kier alpha value is -0.540. The molecule has 0 radical (unpaired) electrons. The predicted molar refractivity (Wildman–Crippen MR) is 63.0 cm³/mol. The van der Waals surface area contributed by atoms with Gasteiger partial charge in [-0.05, 0) is 23.1 Å². The maximum absolute atomic E-state index is 10.9. The minimum atomic E-state index is -4.11. The van der Waals surface area contributed by atoms with E-state index < -0.39 is 7.60 Å². The summed E-state index contributed by atoms with van der Waals surface area (Å²) in [6.45, 7) is 3.74. The molecule has 1 aromatic carbocycles. The smallest absolute Gasteiger partial charge is 0.329 e. The predicted octanol–water partition coefficient (Wildman–Crippen LogP) is 2.85. The number of aromatic hydroxyl groups is 1. The number of hydrogen-bond acceptors (Lipinski definition) is 2. The number of hydrogen-bond donors (Lipinski definition) is 3. The first-order valence-electron chi connectivity index (χ1n) is 4.76. The summed E-state index contributed by atoms with van der Waals surface area (Å²) in [4.78, 5) is 17.7. The number of phenols is 1. The third-order valence-corrected chi connectivity index (χ3v) is 3.23. The van der Waals surface area contributed by atoms with E-state index in [1.165, 1.54) is 6.07 Å². The topological polar surface area (TPSA) is 77.8 Å². The van der Waals surface area contributed by atoms with Crippen LogP contribution < -0.4 is 0 Å². The lowest BCUT2D eigenvalue weighted by atomic mass is 10.00. The highest BCUT2D eigenvalue weighted by molar-refractivity contribution is 7.50. The fourth-order valence-corrected chi connectivity index (χ4v) is 2.36. The summed E-state index contributed by atoms with van der Waals surface area (Å²) in [5, 5.41) is 9.78. The lowest BCUT2D eigenvalue weighted by molar-refractivity contribution is 0.371. The number of phenolic OH excluding ortho intramolecular Hbond substituents is 1. The normalized spacial score (nSPS) is 12.1. The van der Waals surface area contributed by atoms with E-state index in [9.17, 15) is 9.67 Å². The number of benzene rings is 1. The molecule has 0 aromatic heterocycles. The van der Waals surface area contributed by atoms with Gasteiger partial charge in [-0.2, -0.15) is 0 Å². The molecule has 4 nitrogen and oxygen atoms in total. The van der Waals surface area contributed by atoms with Crippen LogP contribution in [-0.4, -0.2) is 14.9 Å². The second-order valence-corrected chi connectivity index (χ2v) is 6.05. The summed E-state index contributed by atoms with van der Waals surface area (Å²) < 4.78 is 10.9. The van der Waals surface area contributed by atoms with Crippen molar-refractivity contribution in [3.8, 4) is 5.75 Å². The van der Waals surface area contributed by atoms with Crippen LogP contribution in [0.3, 0.4) is 0 Å². The zero-order valence-corrected chi connectivity index (χ0v) is 10.7. The van der Waals surface area contributed by atoms with Gasteiger partial charge in [0.2, 0.25) is 0 Å². The number of halogens is 1. The van der Waals surface area contributed by atoms with E-state index in [-0.39, 0.29) is 22.9 Å². The SMILES string of the molecule is CC(C)c1cc(CP(=O)(O)O)cc(Cl)c1O. The monoisotopic (exact) mass is 264 g/mol. The van der Waals surface area contributed by atoms with Crippen LogP contribution in [0.25, 0.3) is 0 Å². The van der Waals surface area contributed by atoms with Crippen molar-refractivity contribution in [1.82, 2.24) is 0 Å². The standard InChI is InChI=1S/C10H14ClO4P/c1-6(2)8-3-7(5-16(13,14)15)4-9(11)10(8)12/h3-4,6,12H,5H2,1-2H3,(H2,13,14,15). The van der Waals surface area contributed by atoms with Gasteiger partial charge in [-0.25, -0.2) is 0 Å². The van der Waals surface area contributed by atoms with Crippen molar-refractivity contribution in [3.63, 3.8) is 0 Å². The van der Waals surface area contributed by atoms with Crippen LogP contribution >= 0.6 is 19.2 Å². The average Bonchev–Trinajstić information content (AvgIpc) is 2.07. The van der Waals surface area contributed by atoms with E-state index >= 15 is 0 Å². The minimum Gasteiger partial charge on any atom is -0.506 e. The molecule has 0 atom stereocenters. The maximum atomic E-state index is 10.9. The lowest BCUT2D eigenvalue weighted by Gasteiger charge is -2.13. The Balaban J connectivity index is 3.19. The molecule has 0 bridgehead atoms. The molecular formula is C10H14ClO4P. The molecule has 0 aliphatic heterocycles. The van der Waals surface area contributed by atoms with Gasteiger partial charge >= 0.3 is 7.60 Å². The molecule has 1 rings (SSSR count). The maximum Gasteiger partial charge on any atom is 0.329 e. The third kappa shape index (κ3) is 3.49. The Morgan fingerprint density at radius 3 is 2.38 bits per heavy atom. The molecule has 1 aromatic rings. The van der Waals surface area contributed by atoms with E-state index in [0.717, 1.165) is 0 Å². The molecule has 6 heteroatoms. The quantitative estimate of drug-likeness (QED) is 0.734. The van der Waals surface area contributed by atoms with Gasteiger partial charge in [-0.3, -0.25) is 4.57 Å². The van der Waals surface area contributed by atoms with Gasteiger partial charge in [0.25, 0.3) is 0 Å². The molecule has 0 spiro atoms. The first-order chi connectivity index (χ1) is 7.20. The molecule has 0 amide bonds. The molecule has 0 unspecified atom stereocenters. The fourth-order valence-electron chi connectivity index (χ4n) is 1.45. The van der Waals surface area contributed by atoms with E-state index in [1.807, 2.05) is 13.8 Å². The van der Waals surface area contributed by atoms with Crippen molar-refractivity contribution in [1.29, 1.82) is 0 Å². The van der Waals surface area contributed by atoms with Crippen molar-refractivity contribution < 1.29 is 19.5 Å². The van der Waals surface area contributed by atoms with E-state index in [1.54, 1.807) is 6.07 Å². The zero-order valence-electron chi connectivity index (χ0n) is 9.01. The van der Waals surface area contributed by atoms with Crippen LogP contribution in [0.1, 0.15) is 30.9 Å². The fraction of sp³-hybridized carbons (Fsp3) is 0.400. The molecule has 0 saturated carbocycles. The Morgan fingerprint density at radius 2 is 1.94 bits per heavy atom. The molecular weight excluding hydrogens is 251 g/mol. The van der Waals surface area contributed by atoms with Crippen molar-refractivity contribution >= 4 is 19.2 Å². The van der Waals surface area contributed by atoms with E-state index in [4.69, 9.17) is 21.4 Å². The molecule has 90 valence electrons. The van der Waals surface area contributed by atoms with Crippen molar-refractivity contribution in [2.75, 3.05) is 0 Å². The Kier molecular flexibility index (Phi) is 4.02. The van der Waals surface area contributed by atoms with E-state index in [2.05, 4.69) is 0 Å². The zero-order chi connectivity index (χ0) is 12.5. The molecule has 0 heterocycles. The van der Waals surface area contributed by atoms with Crippen molar-refractivity contribution in [2.45, 2.75) is 25.9 Å². The van der Waals surface area contributed by atoms with Gasteiger partial charge in [0.05, 0.1) is 11.2 Å². The van der Waals surface area contributed by atoms with Crippen molar-refractivity contribution in [2.24, 2.45) is 0 Å². The summed E-state index contributed by atoms with van der Waals surface area (Å²) in [7, 11) is -4.11. The van der Waals surface area contributed by atoms with Crippen molar-refractivity contribution in [3.05, 3.63) is 28.3 Å². The Labute approximate surface area is 99.0 Å². The molecule has 16 heavy (non-hydrogen) atoms. The van der Waals surface area contributed by atoms with Crippen LogP contribution in [0.15, 0.2) is 12.1 Å². The van der Waals surface area contributed by atoms with Gasteiger partial charge in [-0.1, -0.05) is 31.5 Å². The van der Waals surface area contributed by atoms with Gasteiger partial charge in [0.15, 0.2) is 0 Å². The van der Waals surface area contributed by atoms with Gasteiger partial charge in [-0.15, -0.1) is 0 Å². The highest BCUT2D eigenvalue weighted by Gasteiger charge is 2.18. The summed E-state index contributed by atoms with van der Waals surface area (Å²) >= 11 is 5.79. The molecule has 0 aliphatic carbocycles. The molecule has 0 saturated heterocycles. The largest absolute Gasteiger partial charge is 0.506 e. The lowest BCUT2D eigenvalue weighted by Crippen LogP contribution is -1.94. The summed E-state index contributed by atoms with van der Waals surface area (Å²) in [5.41, 5.74) is 1.02. The number of rotatable bonds is 3. The van der Waals surface area contributed by atoms with E-state index in [0.29, 0.717) is 11.1 Å². The first kappa shape index (κ1) is 13.5. The highest BCUT2D eigenvalue weighted by Crippen LogP contribution is 2.42. The highest BCUT2D eigenvalue weighted by atomic mass is 35.5. The molecule has 0 fully saturated rings. The molecule has 3 N–H and O–H groups in total. The Morgan fingerprint density at radius 1 is 1.38 bits per heavy atom. The minimum absolute atomic E-state index is 0.0221. The molecule has 0 aliphatic rings. The first-order valence-corrected chi connectivity index (χ1v) is 6.94. The van der Waals surface area contributed by atoms with Crippen LogP contribution in [0, 0.1) is 0 Å². The second-order valence-electron chi connectivity index (χ2n) is 3.99. The van der Waals surface area contributed by atoms with Crippen LogP contribution in [-0.2, 0) is 10.7 Å². The van der Waals surface area contributed by atoms with Gasteiger partial charge in [0, 0.05) is 0 Å². The van der Waals surface area contributed by atoms with Gasteiger partial charge < -0.3 is 14.9 Å². The Bertz CT molecular complexity index is 439. The van der Waals surface area contributed by atoms with Crippen LogP contribution in [0.4, 0.5) is 0 Å². The summed E-state index contributed by atoms with van der Waals surface area (Å²) in [6, 6.07) is 2.95. The average molecular weight is 265 g/mol. The summed E-state index contributed by atoms with van der Waals surface area (Å²) in [6.07, 6.45) is -0.368. The van der Waals surface area contributed by atoms with Gasteiger partial charge in [0.1, 0.15) is 5.75 Å². The summed E-state index contributed by atoms with van der Waals surface area (Å²) in [5.74, 6) is 0.0142. The third-order valence-electron chi connectivity index (χ3n) is 2.16.